The molecule has 3 aliphatic rings. The standard InChI is InChI=1S/C13H10Cl4O4/c1-20-13(21-2)11(16)7-5(18)3-4-6(19)8(7)12(13,17)10(15)9(11)14/h3-4,7-8H,1-2H3/t7-,8+,11+,12-. The van der Waals surface area contributed by atoms with E-state index in [0.29, 0.717) is 0 Å². The second-order valence-corrected chi connectivity index (χ2v) is 7.12. The fourth-order valence-corrected chi connectivity index (χ4v) is 5.97. The second-order valence-electron chi connectivity index (χ2n) is 5.17. The van der Waals surface area contributed by atoms with Gasteiger partial charge in [-0.2, -0.15) is 0 Å². The first-order chi connectivity index (χ1) is 9.74. The molecule has 0 aromatic rings. The molecule has 1 fully saturated rings. The van der Waals surface area contributed by atoms with Crippen LogP contribution in [0.2, 0.25) is 0 Å². The van der Waals surface area contributed by atoms with Crippen LogP contribution in [0.5, 0.6) is 0 Å². The lowest BCUT2D eigenvalue weighted by atomic mass is 9.74. The molecule has 114 valence electrons. The average Bonchev–Trinajstić information content (AvgIpc) is 2.72. The zero-order valence-corrected chi connectivity index (χ0v) is 14.0. The summed E-state index contributed by atoms with van der Waals surface area (Å²) in [6.45, 7) is 0. The van der Waals surface area contributed by atoms with E-state index in [1.165, 1.54) is 26.4 Å². The molecule has 3 rings (SSSR count). The van der Waals surface area contributed by atoms with E-state index in [0.717, 1.165) is 0 Å². The number of allylic oxidation sites excluding steroid dienone is 2. The van der Waals surface area contributed by atoms with Crippen LogP contribution in [0, 0.1) is 11.8 Å². The van der Waals surface area contributed by atoms with Crippen molar-refractivity contribution in [3.05, 3.63) is 22.2 Å². The highest BCUT2D eigenvalue weighted by atomic mass is 35.5. The fraction of sp³-hybridized carbons (Fsp3) is 0.538. The van der Waals surface area contributed by atoms with Gasteiger partial charge in [-0.05, 0) is 12.2 Å². The van der Waals surface area contributed by atoms with E-state index in [4.69, 9.17) is 55.9 Å². The van der Waals surface area contributed by atoms with E-state index in [9.17, 15) is 9.59 Å². The van der Waals surface area contributed by atoms with Gasteiger partial charge in [0.1, 0.15) is 9.75 Å². The van der Waals surface area contributed by atoms with Crippen molar-refractivity contribution in [3.8, 4) is 0 Å². The van der Waals surface area contributed by atoms with Gasteiger partial charge in [-0.3, -0.25) is 9.59 Å². The molecule has 8 heteroatoms. The average molecular weight is 372 g/mol. The lowest BCUT2D eigenvalue weighted by molar-refractivity contribution is -0.220. The van der Waals surface area contributed by atoms with Crippen LogP contribution < -0.4 is 0 Å². The summed E-state index contributed by atoms with van der Waals surface area (Å²) in [5.74, 6) is -4.44. The summed E-state index contributed by atoms with van der Waals surface area (Å²) in [4.78, 5) is 21.3. The molecule has 21 heavy (non-hydrogen) atoms. The minimum Gasteiger partial charge on any atom is -0.350 e. The van der Waals surface area contributed by atoms with Crippen LogP contribution in [-0.2, 0) is 19.1 Å². The van der Waals surface area contributed by atoms with Crippen LogP contribution in [-0.4, -0.2) is 41.3 Å². The van der Waals surface area contributed by atoms with Crippen LogP contribution in [0.15, 0.2) is 22.2 Å². The molecule has 0 unspecified atom stereocenters. The summed E-state index contributed by atoms with van der Waals surface area (Å²) in [5, 5.41) is -0.0514. The number of hydrogen-bond acceptors (Lipinski definition) is 4. The van der Waals surface area contributed by atoms with Crippen molar-refractivity contribution in [3.63, 3.8) is 0 Å². The first kappa shape index (κ1) is 15.8. The Labute approximate surface area is 140 Å². The number of carbonyl (C=O) groups excluding carboxylic acids is 2. The van der Waals surface area contributed by atoms with Crippen LogP contribution >= 0.6 is 46.4 Å². The lowest BCUT2D eigenvalue weighted by Gasteiger charge is -2.40. The highest BCUT2D eigenvalue weighted by Crippen LogP contribution is 2.74. The van der Waals surface area contributed by atoms with Gasteiger partial charge in [-0.25, -0.2) is 0 Å². The molecule has 0 amide bonds. The highest BCUT2D eigenvalue weighted by molar-refractivity contribution is 6.53. The van der Waals surface area contributed by atoms with E-state index in [2.05, 4.69) is 0 Å². The number of hydrogen-bond donors (Lipinski definition) is 0. The summed E-state index contributed by atoms with van der Waals surface area (Å²) in [6.07, 6.45) is 2.34. The number of ketones is 2. The number of methoxy groups -OCH3 is 2. The van der Waals surface area contributed by atoms with Crippen molar-refractivity contribution in [2.45, 2.75) is 15.5 Å². The summed E-state index contributed by atoms with van der Waals surface area (Å²) in [7, 11) is 2.63. The van der Waals surface area contributed by atoms with E-state index >= 15 is 0 Å². The lowest BCUT2D eigenvalue weighted by Crippen LogP contribution is -2.58. The van der Waals surface area contributed by atoms with Gasteiger partial charge in [0.15, 0.2) is 11.6 Å². The number of halogens is 4. The largest absolute Gasteiger partial charge is 0.350 e. The normalized spacial score (nSPS) is 43.7. The molecule has 0 radical (unpaired) electrons. The molecule has 0 spiro atoms. The Morgan fingerprint density at radius 3 is 1.52 bits per heavy atom. The topological polar surface area (TPSA) is 52.6 Å². The zero-order valence-electron chi connectivity index (χ0n) is 11.0. The first-order valence-corrected chi connectivity index (χ1v) is 7.55. The van der Waals surface area contributed by atoms with Gasteiger partial charge >= 0.3 is 0 Å². The predicted octanol–water partition coefficient (Wildman–Crippen LogP) is 2.59. The maximum Gasteiger partial charge on any atom is 0.218 e. The van der Waals surface area contributed by atoms with Crippen LogP contribution in [0.3, 0.4) is 0 Å². The van der Waals surface area contributed by atoms with E-state index in [-0.39, 0.29) is 21.6 Å². The molecule has 1 saturated carbocycles. The van der Waals surface area contributed by atoms with Crippen molar-refractivity contribution in [2.75, 3.05) is 14.2 Å². The van der Waals surface area contributed by atoms with Gasteiger partial charge in [0, 0.05) is 14.2 Å². The molecule has 3 aliphatic carbocycles. The van der Waals surface area contributed by atoms with Crippen molar-refractivity contribution in [2.24, 2.45) is 11.8 Å². The Kier molecular flexibility index (Phi) is 3.36. The first-order valence-electron chi connectivity index (χ1n) is 6.04. The van der Waals surface area contributed by atoms with Crippen LogP contribution in [0.1, 0.15) is 0 Å². The predicted molar refractivity (Wildman–Crippen MR) is 78.8 cm³/mol. The summed E-state index contributed by atoms with van der Waals surface area (Å²) in [5.41, 5.74) is 0. The van der Waals surface area contributed by atoms with Crippen LogP contribution in [0.25, 0.3) is 0 Å². The molecule has 4 nitrogen and oxygen atoms in total. The zero-order chi connectivity index (χ0) is 15.8. The number of carbonyl (C=O) groups is 2. The van der Waals surface area contributed by atoms with Gasteiger partial charge in [0.05, 0.1) is 21.9 Å². The molecule has 2 bridgehead atoms. The Morgan fingerprint density at radius 2 is 1.24 bits per heavy atom. The van der Waals surface area contributed by atoms with E-state index in [1.54, 1.807) is 0 Å². The second kappa shape index (κ2) is 4.47. The van der Waals surface area contributed by atoms with Gasteiger partial charge in [0.25, 0.3) is 0 Å². The molecule has 0 heterocycles. The minimum atomic E-state index is -1.72. The van der Waals surface area contributed by atoms with Crippen molar-refractivity contribution in [1.29, 1.82) is 0 Å². The quantitative estimate of drug-likeness (QED) is 0.553. The Morgan fingerprint density at radius 1 is 0.905 bits per heavy atom. The van der Waals surface area contributed by atoms with Gasteiger partial charge in [0.2, 0.25) is 5.79 Å². The molecular formula is C13H10Cl4O4. The number of rotatable bonds is 2. The number of fused-ring (bicyclic) bond motifs is 5. The Bertz CT molecular complexity index is 576. The minimum absolute atomic E-state index is 0.0257. The molecule has 4 atom stereocenters. The third-order valence-corrected chi connectivity index (χ3v) is 7.19. The van der Waals surface area contributed by atoms with Crippen molar-refractivity contribution >= 4 is 58.0 Å². The highest BCUT2D eigenvalue weighted by Gasteiger charge is 2.87. The molecule has 0 saturated heterocycles. The van der Waals surface area contributed by atoms with Crippen LogP contribution in [0.4, 0.5) is 0 Å². The smallest absolute Gasteiger partial charge is 0.218 e. The molecule has 0 aliphatic heterocycles. The van der Waals surface area contributed by atoms with E-state index in [1.807, 2.05) is 0 Å². The van der Waals surface area contributed by atoms with E-state index < -0.39 is 27.4 Å². The third-order valence-electron chi connectivity index (χ3n) is 4.58. The fourth-order valence-electron chi connectivity index (χ4n) is 3.78. The number of ether oxygens (including phenoxy) is 2. The Balaban J connectivity index is 2.39. The van der Waals surface area contributed by atoms with Gasteiger partial charge < -0.3 is 9.47 Å². The van der Waals surface area contributed by atoms with Gasteiger partial charge in [-0.1, -0.05) is 23.2 Å². The van der Waals surface area contributed by atoms with Gasteiger partial charge in [-0.15, -0.1) is 23.2 Å². The van der Waals surface area contributed by atoms with Crippen molar-refractivity contribution in [1.82, 2.24) is 0 Å². The maximum atomic E-state index is 12.3. The number of alkyl halides is 2. The monoisotopic (exact) mass is 370 g/mol. The van der Waals surface area contributed by atoms with Crippen molar-refractivity contribution < 1.29 is 19.1 Å². The SMILES string of the molecule is COC1(OC)[C@@]2(Cl)C(Cl)=C(Cl)[C@]1(Cl)[C@H]1C(=O)C=CC(=O)[C@H]12. The summed E-state index contributed by atoms with van der Waals surface area (Å²) < 4.78 is 10.9. The molecular weight excluding hydrogens is 362 g/mol. The molecule has 0 aromatic carbocycles. The summed E-state index contributed by atoms with van der Waals surface area (Å²) >= 11 is 25.8. The molecule has 0 aromatic heterocycles. The maximum absolute atomic E-state index is 12.3. The Hall–Kier alpha value is -0.100. The molecule has 0 N–H and O–H groups in total. The summed E-state index contributed by atoms with van der Waals surface area (Å²) in [6, 6.07) is 0. The third kappa shape index (κ3) is 1.34.